The van der Waals surface area contributed by atoms with Gasteiger partial charge in [0.2, 0.25) is 5.91 Å². The largest absolute Gasteiger partial charge is 0.359 e. The zero-order valence-electron chi connectivity index (χ0n) is 14.0. The lowest BCUT2D eigenvalue weighted by molar-refractivity contribution is -0.120. The number of nitrogens with zero attached hydrogens (tertiary/aromatic N) is 5. The van der Waals surface area contributed by atoms with E-state index in [9.17, 15) is 9.59 Å². The van der Waals surface area contributed by atoms with E-state index in [1.165, 1.54) is 22.3 Å². The van der Waals surface area contributed by atoms with Crippen molar-refractivity contribution in [2.75, 3.05) is 12.4 Å². The monoisotopic (exact) mass is 371 g/mol. The number of thiazole rings is 1. The van der Waals surface area contributed by atoms with Crippen molar-refractivity contribution in [3.8, 4) is 0 Å². The number of hydrogen-bond donors (Lipinski definition) is 2. The minimum Gasteiger partial charge on any atom is -0.359 e. The Morgan fingerprint density at radius 1 is 1.27 bits per heavy atom. The molecule has 0 bridgehead atoms. The first kappa shape index (κ1) is 17.7. The second kappa shape index (κ2) is 8.30. The van der Waals surface area contributed by atoms with E-state index in [-0.39, 0.29) is 18.2 Å². The van der Waals surface area contributed by atoms with Crippen molar-refractivity contribution >= 4 is 28.3 Å². The summed E-state index contributed by atoms with van der Waals surface area (Å²) in [5.74, 6) is -0.411. The molecule has 2 aromatic heterocycles. The molecular weight excluding hydrogens is 354 g/mol. The summed E-state index contributed by atoms with van der Waals surface area (Å²) >= 11 is 1.27. The predicted octanol–water partition coefficient (Wildman–Crippen LogP) is 0.841. The standard InChI is InChI=1S/C16H17N7O2S/c1-17-14(24)8-12-9-26-16(19-12)20-15(25)13(23-10-18-21-22-23)7-11-5-3-2-4-6-11/h2-6,9-10,13H,7-8H2,1H3,(H,17,24)(H,19,20,25)/t13-/m0/s1. The predicted molar refractivity (Wildman–Crippen MR) is 95.5 cm³/mol. The zero-order valence-corrected chi connectivity index (χ0v) is 14.8. The van der Waals surface area contributed by atoms with E-state index in [1.807, 2.05) is 30.3 Å². The van der Waals surface area contributed by atoms with Crippen LogP contribution in [0.5, 0.6) is 0 Å². The molecule has 0 fully saturated rings. The van der Waals surface area contributed by atoms with E-state index in [2.05, 4.69) is 31.1 Å². The number of tetrazole rings is 1. The first-order valence-electron chi connectivity index (χ1n) is 7.88. The van der Waals surface area contributed by atoms with Gasteiger partial charge < -0.3 is 10.6 Å². The lowest BCUT2D eigenvalue weighted by atomic mass is 10.1. The number of rotatable bonds is 7. The number of aromatic nitrogens is 5. The van der Waals surface area contributed by atoms with Gasteiger partial charge in [0.15, 0.2) is 5.13 Å². The Bertz CT molecular complexity index is 864. The molecule has 26 heavy (non-hydrogen) atoms. The lowest BCUT2D eigenvalue weighted by Gasteiger charge is -2.15. The van der Waals surface area contributed by atoms with Gasteiger partial charge in [0.05, 0.1) is 12.1 Å². The van der Waals surface area contributed by atoms with E-state index in [0.717, 1.165) is 5.56 Å². The van der Waals surface area contributed by atoms with Crippen LogP contribution >= 0.6 is 11.3 Å². The van der Waals surface area contributed by atoms with Crippen molar-refractivity contribution in [1.82, 2.24) is 30.5 Å². The van der Waals surface area contributed by atoms with Gasteiger partial charge in [-0.3, -0.25) is 9.59 Å². The van der Waals surface area contributed by atoms with Crippen LogP contribution in [0.25, 0.3) is 0 Å². The van der Waals surface area contributed by atoms with Gasteiger partial charge in [-0.25, -0.2) is 9.67 Å². The molecule has 3 rings (SSSR count). The number of hydrogen-bond acceptors (Lipinski definition) is 7. The fourth-order valence-corrected chi connectivity index (χ4v) is 3.06. The van der Waals surface area contributed by atoms with Crippen molar-refractivity contribution in [3.63, 3.8) is 0 Å². The molecule has 0 unspecified atom stereocenters. The van der Waals surface area contributed by atoms with Gasteiger partial charge in [-0.05, 0) is 16.0 Å². The quantitative estimate of drug-likeness (QED) is 0.636. The fourth-order valence-electron chi connectivity index (χ4n) is 2.34. The third-order valence-corrected chi connectivity index (χ3v) is 4.47. The summed E-state index contributed by atoms with van der Waals surface area (Å²) in [4.78, 5) is 28.5. The fraction of sp³-hybridized carbons (Fsp3) is 0.250. The average Bonchev–Trinajstić information content (AvgIpc) is 3.32. The van der Waals surface area contributed by atoms with E-state index >= 15 is 0 Å². The third-order valence-electron chi connectivity index (χ3n) is 3.66. The van der Waals surface area contributed by atoms with E-state index in [4.69, 9.17) is 0 Å². The number of benzene rings is 1. The molecular formula is C16H17N7O2S. The number of anilines is 1. The number of amides is 2. The molecule has 0 saturated carbocycles. The van der Waals surface area contributed by atoms with Crippen molar-refractivity contribution in [2.45, 2.75) is 18.9 Å². The van der Waals surface area contributed by atoms with Crippen molar-refractivity contribution in [2.24, 2.45) is 0 Å². The van der Waals surface area contributed by atoms with E-state index in [1.54, 1.807) is 12.4 Å². The van der Waals surface area contributed by atoms with E-state index in [0.29, 0.717) is 17.2 Å². The Morgan fingerprint density at radius 2 is 2.08 bits per heavy atom. The summed E-state index contributed by atoms with van der Waals surface area (Å²) in [5, 5.41) is 18.6. The Morgan fingerprint density at radius 3 is 2.77 bits per heavy atom. The summed E-state index contributed by atoms with van der Waals surface area (Å²) in [6.45, 7) is 0. The molecule has 0 aliphatic heterocycles. The maximum atomic E-state index is 12.8. The van der Waals surface area contributed by atoms with Crippen LogP contribution in [0.2, 0.25) is 0 Å². The molecule has 0 aliphatic rings. The summed E-state index contributed by atoms with van der Waals surface area (Å²) in [7, 11) is 1.57. The molecule has 3 aromatic rings. The SMILES string of the molecule is CNC(=O)Cc1csc(NC(=O)[C@H](Cc2ccccc2)n2cnnn2)n1. The van der Waals surface area contributed by atoms with Crippen molar-refractivity contribution < 1.29 is 9.59 Å². The molecule has 1 atom stereocenters. The molecule has 10 heteroatoms. The van der Waals surface area contributed by atoms with Crippen LogP contribution in [-0.2, 0) is 22.4 Å². The smallest absolute Gasteiger partial charge is 0.251 e. The Labute approximate surface area is 153 Å². The second-order valence-corrected chi connectivity index (χ2v) is 6.34. The number of carbonyl (C=O) groups is 2. The minimum absolute atomic E-state index is 0.135. The highest BCUT2D eigenvalue weighted by atomic mass is 32.1. The van der Waals surface area contributed by atoms with Crippen LogP contribution in [0.1, 0.15) is 17.3 Å². The van der Waals surface area contributed by atoms with Crippen molar-refractivity contribution in [1.29, 1.82) is 0 Å². The van der Waals surface area contributed by atoms with Gasteiger partial charge in [0, 0.05) is 18.8 Å². The zero-order chi connectivity index (χ0) is 18.4. The molecule has 0 spiro atoms. The normalized spacial score (nSPS) is 11.7. The molecule has 134 valence electrons. The minimum atomic E-state index is -0.612. The molecule has 2 N–H and O–H groups in total. The van der Waals surface area contributed by atoms with Crippen LogP contribution in [0.15, 0.2) is 42.0 Å². The molecule has 2 amide bonds. The van der Waals surface area contributed by atoms with Gasteiger partial charge in [-0.15, -0.1) is 16.4 Å². The van der Waals surface area contributed by atoms with Crippen LogP contribution < -0.4 is 10.6 Å². The van der Waals surface area contributed by atoms with Gasteiger partial charge in [0.1, 0.15) is 12.4 Å². The molecule has 0 aliphatic carbocycles. The number of carbonyl (C=O) groups excluding carboxylic acids is 2. The summed E-state index contributed by atoms with van der Waals surface area (Å²) in [6.07, 6.45) is 2.02. The van der Waals surface area contributed by atoms with Gasteiger partial charge in [-0.2, -0.15) is 0 Å². The third kappa shape index (κ3) is 4.48. The molecule has 9 nitrogen and oxygen atoms in total. The van der Waals surface area contributed by atoms with Gasteiger partial charge >= 0.3 is 0 Å². The van der Waals surface area contributed by atoms with Crippen LogP contribution in [-0.4, -0.2) is 44.1 Å². The Hall–Kier alpha value is -3.14. The first-order chi connectivity index (χ1) is 12.7. The maximum Gasteiger partial charge on any atom is 0.251 e. The molecule has 0 radical (unpaired) electrons. The summed E-state index contributed by atoms with van der Waals surface area (Å²) in [6, 6.07) is 9.01. The molecule has 0 saturated heterocycles. The average molecular weight is 371 g/mol. The summed E-state index contributed by atoms with van der Waals surface area (Å²) < 4.78 is 1.42. The maximum absolute atomic E-state index is 12.8. The highest BCUT2D eigenvalue weighted by molar-refractivity contribution is 7.13. The molecule has 1 aromatic carbocycles. The van der Waals surface area contributed by atoms with Crippen LogP contribution in [0.4, 0.5) is 5.13 Å². The number of nitrogens with one attached hydrogen (secondary N) is 2. The second-order valence-electron chi connectivity index (χ2n) is 5.48. The lowest BCUT2D eigenvalue weighted by Crippen LogP contribution is -2.28. The highest BCUT2D eigenvalue weighted by Gasteiger charge is 2.23. The van der Waals surface area contributed by atoms with E-state index < -0.39 is 6.04 Å². The Balaban J connectivity index is 1.73. The van der Waals surface area contributed by atoms with Crippen LogP contribution in [0, 0.1) is 0 Å². The van der Waals surface area contributed by atoms with Gasteiger partial charge in [-0.1, -0.05) is 30.3 Å². The topological polar surface area (TPSA) is 115 Å². The highest BCUT2D eigenvalue weighted by Crippen LogP contribution is 2.20. The first-order valence-corrected chi connectivity index (χ1v) is 8.76. The number of likely N-dealkylation sites (N-methyl/N-ethyl adjacent to an activating group) is 1. The molecule has 2 heterocycles. The van der Waals surface area contributed by atoms with Crippen molar-refractivity contribution in [3.05, 3.63) is 53.3 Å². The Kier molecular flexibility index (Phi) is 5.64. The summed E-state index contributed by atoms with van der Waals surface area (Å²) in [5.41, 5.74) is 1.59. The van der Waals surface area contributed by atoms with Gasteiger partial charge in [0.25, 0.3) is 5.91 Å². The van der Waals surface area contributed by atoms with Crippen LogP contribution in [0.3, 0.4) is 0 Å².